The quantitative estimate of drug-likeness (QED) is 0.528. The molecule has 0 atom stereocenters. The second kappa shape index (κ2) is 4.29. The Kier molecular flexibility index (Phi) is 4.28. The van der Waals surface area contributed by atoms with E-state index < -0.39 is 0 Å². The van der Waals surface area contributed by atoms with E-state index in [1.165, 1.54) is 27.8 Å². The molecule has 0 aromatic heterocycles. The maximum Gasteiger partial charge on any atom is 0.316 e. The maximum absolute atomic E-state index is 4.02. The van der Waals surface area contributed by atoms with Crippen LogP contribution in [0.4, 0.5) is 0 Å². The van der Waals surface area contributed by atoms with Crippen molar-refractivity contribution in [2.24, 2.45) is 0 Å². The average molecular weight is 174 g/mol. The summed E-state index contributed by atoms with van der Waals surface area (Å²) in [6, 6.07) is 2.20. The van der Waals surface area contributed by atoms with Gasteiger partial charge in [0.25, 0.3) is 0 Å². The molecular weight excluding hydrogens is 156 g/mol. The van der Waals surface area contributed by atoms with Crippen LogP contribution >= 0.6 is 0 Å². The monoisotopic (exact) mass is 173 g/mol. The van der Waals surface area contributed by atoms with Gasteiger partial charge in [0.1, 0.15) is 0 Å². The third-order valence-corrected chi connectivity index (χ3v) is 2.52. The van der Waals surface area contributed by atoms with Crippen LogP contribution in [0.15, 0.2) is 6.07 Å². The van der Waals surface area contributed by atoms with E-state index in [-0.39, 0.29) is 23.1 Å². The van der Waals surface area contributed by atoms with Crippen LogP contribution in [0.5, 0.6) is 0 Å². The van der Waals surface area contributed by atoms with Gasteiger partial charge in [-0.15, -0.1) is 0 Å². The van der Waals surface area contributed by atoms with Gasteiger partial charge < -0.3 is 0 Å². The molecule has 0 amide bonds. The molecule has 1 aromatic rings. The Labute approximate surface area is 91.5 Å². The van der Waals surface area contributed by atoms with Crippen molar-refractivity contribution in [1.82, 2.24) is 0 Å². The minimum Gasteiger partial charge on any atom is -0.0558 e. The van der Waals surface area contributed by atoms with E-state index in [9.17, 15) is 0 Å². The minimum atomic E-state index is 0. The fraction of sp³-hybridized carbons (Fsp3) is 0.364. The van der Waals surface area contributed by atoms with Crippen LogP contribution < -0.4 is 0 Å². The zero-order valence-electron chi connectivity index (χ0n) is 7.78. The van der Waals surface area contributed by atoms with Crippen LogP contribution in [0.1, 0.15) is 27.8 Å². The van der Waals surface area contributed by atoms with Gasteiger partial charge in [-0.2, -0.15) is 0 Å². The predicted octanol–water partition coefficient (Wildman–Crippen LogP) is 2.19. The second-order valence-corrected chi connectivity index (χ2v) is 3.24. The molecule has 63 valence electrons. The molecule has 0 N–H and O–H groups in total. The van der Waals surface area contributed by atoms with E-state index >= 15 is 0 Å². The highest BCUT2D eigenvalue weighted by Crippen LogP contribution is 2.19. The molecular formula is C11H17Mg. The summed E-state index contributed by atoms with van der Waals surface area (Å²) in [7, 11) is 0. The summed E-state index contributed by atoms with van der Waals surface area (Å²) in [6.45, 7) is 12.6. The number of hydrogen-bond donors (Lipinski definition) is 0. The van der Waals surface area contributed by atoms with E-state index in [0.29, 0.717) is 0 Å². The van der Waals surface area contributed by atoms with Gasteiger partial charge in [-0.05, 0) is 62.4 Å². The van der Waals surface area contributed by atoms with Crippen LogP contribution in [-0.2, 0) is 0 Å². The summed E-state index contributed by atoms with van der Waals surface area (Å²) < 4.78 is 0. The molecule has 0 aliphatic rings. The van der Waals surface area contributed by atoms with Gasteiger partial charge in [0.2, 0.25) is 0 Å². The normalized spacial score (nSPS) is 9.42. The zero-order valence-corrected chi connectivity index (χ0v) is 7.78. The molecule has 1 radical (unpaired) electrons. The van der Waals surface area contributed by atoms with Gasteiger partial charge >= 0.3 is 23.1 Å². The highest BCUT2D eigenvalue weighted by atomic mass is 24.3. The summed E-state index contributed by atoms with van der Waals surface area (Å²) in [4.78, 5) is 0. The molecule has 0 nitrogen and oxygen atoms in total. The molecule has 0 saturated heterocycles. The standard InChI is InChI=1S/C11H15.Mg.2H/c1-7-6-8(2)10(4)11(5)9(7)3;;;/h6H,3H2,1-2,4-5H3;;;. The third-order valence-electron chi connectivity index (χ3n) is 2.52. The molecule has 0 aliphatic carbocycles. The average Bonchev–Trinajstić information content (AvgIpc) is 1.97. The van der Waals surface area contributed by atoms with Crippen molar-refractivity contribution in [3.63, 3.8) is 0 Å². The van der Waals surface area contributed by atoms with Crippen LogP contribution in [-0.4, -0.2) is 23.1 Å². The number of aryl methyl sites for hydroxylation is 2. The molecule has 0 saturated carbocycles. The molecule has 0 bridgehead atoms. The van der Waals surface area contributed by atoms with Crippen molar-refractivity contribution in [2.75, 3.05) is 0 Å². The van der Waals surface area contributed by atoms with Gasteiger partial charge in [-0.3, -0.25) is 0 Å². The first kappa shape index (κ1) is 12.0. The smallest absolute Gasteiger partial charge is 0.0558 e. The first-order valence-electron chi connectivity index (χ1n) is 3.93. The summed E-state index contributed by atoms with van der Waals surface area (Å²) in [5, 5.41) is 0. The molecule has 0 fully saturated rings. The van der Waals surface area contributed by atoms with E-state index in [4.69, 9.17) is 0 Å². The van der Waals surface area contributed by atoms with E-state index in [2.05, 4.69) is 40.7 Å². The fourth-order valence-electron chi connectivity index (χ4n) is 1.34. The first-order valence-corrected chi connectivity index (χ1v) is 3.93. The van der Waals surface area contributed by atoms with Crippen molar-refractivity contribution in [2.45, 2.75) is 27.7 Å². The van der Waals surface area contributed by atoms with Crippen LogP contribution in [0.2, 0.25) is 0 Å². The van der Waals surface area contributed by atoms with Crippen molar-refractivity contribution < 1.29 is 0 Å². The molecule has 1 rings (SSSR count). The summed E-state index contributed by atoms with van der Waals surface area (Å²) in [5.74, 6) is 0. The zero-order chi connectivity index (χ0) is 8.59. The Morgan fingerprint density at radius 1 is 0.917 bits per heavy atom. The Balaban J connectivity index is 0.00000121. The van der Waals surface area contributed by atoms with E-state index in [1.807, 2.05) is 0 Å². The first-order chi connectivity index (χ1) is 5.04. The lowest BCUT2D eigenvalue weighted by molar-refractivity contribution is 1.21. The van der Waals surface area contributed by atoms with Crippen LogP contribution in [0.25, 0.3) is 0 Å². The van der Waals surface area contributed by atoms with E-state index in [0.717, 1.165) is 0 Å². The van der Waals surface area contributed by atoms with Crippen LogP contribution in [0, 0.1) is 34.6 Å². The molecule has 0 heterocycles. The highest BCUT2D eigenvalue weighted by molar-refractivity contribution is 5.75. The molecule has 1 aromatic carbocycles. The van der Waals surface area contributed by atoms with Crippen LogP contribution in [0.3, 0.4) is 0 Å². The van der Waals surface area contributed by atoms with E-state index in [1.54, 1.807) is 0 Å². The summed E-state index contributed by atoms with van der Waals surface area (Å²) in [5.41, 5.74) is 6.56. The number of benzene rings is 1. The number of rotatable bonds is 0. The van der Waals surface area contributed by atoms with Crippen molar-refractivity contribution in [3.05, 3.63) is 40.8 Å². The molecule has 0 unspecified atom stereocenters. The highest BCUT2D eigenvalue weighted by Gasteiger charge is 2.02. The topological polar surface area (TPSA) is 0 Å². The van der Waals surface area contributed by atoms with Gasteiger partial charge in [0, 0.05) is 0 Å². The van der Waals surface area contributed by atoms with Gasteiger partial charge in [0.15, 0.2) is 0 Å². The maximum atomic E-state index is 4.02. The fourth-order valence-corrected chi connectivity index (χ4v) is 1.34. The molecule has 1 heteroatoms. The largest absolute Gasteiger partial charge is 0.316 e. The minimum absolute atomic E-state index is 0. The lowest BCUT2D eigenvalue weighted by Crippen LogP contribution is -1.93. The van der Waals surface area contributed by atoms with Gasteiger partial charge in [-0.25, -0.2) is 0 Å². The molecule has 0 spiro atoms. The number of hydrogen-bond acceptors (Lipinski definition) is 0. The second-order valence-electron chi connectivity index (χ2n) is 3.24. The molecule has 0 aliphatic heterocycles. The Hall–Kier alpha value is -0.0138. The van der Waals surface area contributed by atoms with Crippen molar-refractivity contribution in [1.29, 1.82) is 0 Å². The summed E-state index contributed by atoms with van der Waals surface area (Å²) >= 11 is 0. The van der Waals surface area contributed by atoms with Gasteiger partial charge in [-0.1, -0.05) is 6.07 Å². The Morgan fingerprint density at radius 2 is 1.42 bits per heavy atom. The van der Waals surface area contributed by atoms with Crippen molar-refractivity contribution >= 4 is 23.1 Å². The summed E-state index contributed by atoms with van der Waals surface area (Å²) in [6.07, 6.45) is 0. The Morgan fingerprint density at radius 3 is 1.92 bits per heavy atom. The predicted molar refractivity (Wildman–Crippen MR) is 58.4 cm³/mol. The molecule has 12 heavy (non-hydrogen) atoms. The van der Waals surface area contributed by atoms with Crippen molar-refractivity contribution in [3.8, 4) is 0 Å². The third kappa shape index (κ3) is 2.02. The van der Waals surface area contributed by atoms with Gasteiger partial charge in [0.05, 0.1) is 0 Å². The lowest BCUT2D eigenvalue weighted by atomic mass is 9.96. The Bertz CT molecular complexity index is 261. The SMILES string of the molecule is [CH2]c1c(C)cc(C)c(C)c1C.[MgH2]. The lowest BCUT2D eigenvalue weighted by Gasteiger charge is -2.10.